The first-order valence-electron chi connectivity index (χ1n) is 8.94. The van der Waals surface area contributed by atoms with E-state index < -0.39 is 16.0 Å². The Balaban J connectivity index is 2.39. The molecular formula is C20H24BrNO6S. The van der Waals surface area contributed by atoms with Crippen molar-refractivity contribution in [3.8, 4) is 11.5 Å². The number of benzene rings is 2. The lowest BCUT2D eigenvalue weighted by Gasteiger charge is -2.23. The van der Waals surface area contributed by atoms with Crippen LogP contribution in [0.2, 0.25) is 0 Å². The summed E-state index contributed by atoms with van der Waals surface area (Å²) in [6.45, 7) is 1.92. The average molecular weight is 486 g/mol. The van der Waals surface area contributed by atoms with E-state index in [-0.39, 0.29) is 31.0 Å². The summed E-state index contributed by atoms with van der Waals surface area (Å²) in [5.74, 6) is 0.645. The van der Waals surface area contributed by atoms with Crippen LogP contribution in [0, 0.1) is 0 Å². The van der Waals surface area contributed by atoms with Crippen LogP contribution in [-0.4, -0.2) is 46.1 Å². The SMILES string of the molecule is CCOC(=O)CCN(Cc1cc(OC)ccc1OC)S(=O)(=O)c1ccc(Br)cc1. The number of esters is 1. The van der Waals surface area contributed by atoms with E-state index in [2.05, 4.69) is 15.9 Å². The number of hydrogen-bond donors (Lipinski definition) is 0. The lowest BCUT2D eigenvalue weighted by Crippen LogP contribution is -2.33. The molecular weight excluding hydrogens is 462 g/mol. The molecule has 29 heavy (non-hydrogen) atoms. The molecule has 0 atom stereocenters. The Kier molecular flexibility index (Phi) is 8.48. The van der Waals surface area contributed by atoms with E-state index in [0.29, 0.717) is 17.1 Å². The minimum Gasteiger partial charge on any atom is -0.497 e. The highest BCUT2D eigenvalue weighted by Gasteiger charge is 2.26. The molecule has 2 aromatic rings. The molecule has 9 heteroatoms. The third kappa shape index (κ3) is 6.19. The number of carbonyl (C=O) groups is 1. The van der Waals surface area contributed by atoms with Gasteiger partial charge in [-0.25, -0.2) is 8.42 Å². The first kappa shape index (κ1) is 23.2. The van der Waals surface area contributed by atoms with Crippen LogP contribution >= 0.6 is 15.9 Å². The molecule has 0 N–H and O–H groups in total. The Hall–Kier alpha value is -2.10. The van der Waals surface area contributed by atoms with E-state index in [9.17, 15) is 13.2 Å². The highest BCUT2D eigenvalue weighted by molar-refractivity contribution is 9.10. The standard InChI is InChI=1S/C20H24BrNO6S/c1-4-28-20(23)11-12-22(29(24,25)18-8-5-16(21)6-9-18)14-15-13-17(26-2)7-10-19(15)27-3/h5-10,13H,4,11-12,14H2,1-3H3. The second-order valence-electron chi connectivity index (χ2n) is 6.03. The monoisotopic (exact) mass is 485 g/mol. The lowest BCUT2D eigenvalue weighted by molar-refractivity contribution is -0.143. The van der Waals surface area contributed by atoms with Crippen LogP contribution < -0.4 is 9.47 Å². The Bertz CT molecular complexity index is 930. The van der Waals surface area contributed by atoms with E-state index in [0.717, 1.165) is 4.47 Å². The number of hydrogen-bond acceptors (Lipinski definition) is 6. The summed E-state index contributed by atoms with van der Waals surface area (Å²) in [6, 6.07) is 11.5. The van der Waals surface area contributed by atoms with Gasteiger partial charge in [0.1, 0.15) is 11.5 Å². The summed E-state index contributed by atoms with van der Waals surface area (Å²) < 4.78 is 44.1. The number of halogens is 1. The second-order valence-corrected chi connectivity index (χ2v) is 8.88. The van der Waals surface area contributed by atoms with Gasteiger partial charge in [0.05, 0.1) is 32.1 Å². The first-order chi connectivity index (χ1) is 13.8. The zero-order valence-corrected chi connectivity index (χ0v) is 19.0. The van der Waals surface area contributed by atoms with Gasteiger partial charge in [0, 0.05) is 23.1 Å². The van der Waals surface area contributed by atoms with Crippen LogP contribution in [0.1, 0.15) is 18.9 Å². The van der Waals surface area contributed by atoms with Crippen LogP contribution in [0.25, 0.3) is 0 Å². The summed E-state index contributed by atoms with van der Waals surface area (Å²) in [6.07, 6.45) is -0.0596. The molecule has 0 aliphatic rings. The summed E-state index contributed by atoms with van der Waals surface area (Å²) >= 11 is 3.30. The molecule has 0 fully saturated rings. The average Bonchev–Trinajstić information content (AvgIpc) is 2.71. The van der Waals surface area contributed by atoms with E-state index >= 15 is 0 Å². The van der Waals surface area contributed by atoms with E-state index in [1.165, 1.54) is 30.7 Å². The largest absolute Gasteiger partial charge is 0.497 e. The van der Waals surface area contributed by atoms with Gasteiger partial charge in [0.2, 0.25) is 10.0 Å². The molecule has 0 heterocycles. The van der Waals surface area contributed by atoms with Crippen molar-refractivity contribution in [3.63, 3.8) is 0 Å². The topological polar surface area (TPSA) is 82.1 Å². The fraction of sp³-hybridized carbons (Fsp3) is 0.350. The van der Waals surface area contributed by atoms with Gasteiger partial charge in [-0.05, 0) is 49.4 Å². The summed E-state index contributed by atoms with van der Waals surface area (Å²) in [4.78, 5) is 12.0. The smallest absolute Gasteiger partial charge is 0.307 e. The Morgan fingerprint density at radius 3 is 2.34 bits per heavy atom. The number of sulfonamides is 1. The van der Waals surface area contributed by atoms with Crippen molar-refractivity contribution in [1.82, 2.24) is 4.31 Å². The van der Waals surface area contributed by atoms with Crippen LogP contribution in [0.5, 0.6) is 11.5 Å². The molecule has 0 spiro atoms. The van der Waals surface area contributed by atoms with Crippen LogP contribution in [0.3, 0.4) is 0 Å². The summed E-state index contributed by atoms with van der Waals surface area (Å²) in [7, 11) is -0.821. The third-order valence-electron chi connectivity index (χ3n) is 4.16. The Labute approximate surface area is 179 Å². The number of carbonyl (C=O) groups excluding carboxylic acids is 1. The number of ether oxygens (including phenoxy) is 3. The maximum Gasteiger partial charge on any atom is 0.307 e. The molecule has 0 aliphatic carbocycles. The van der Waals surface area contributed by atoms with Crippen molar-refractivity contribution in [3.05, 3.63) is 52.5 Å². The van der Waals surface area contributed by atoms with Gasteiger partial charge in [-0.3, -0.25) is 4.79 Å². The Morgan fingerprint density at radius 2 is 1.76 bits per heavy atom. The third-order valence-corrected chi connectivity index (χ3v) is 6.54. The van der Waals surface area contributed by atoms with Crippen molar-refractivity contribution < 1.29 is 27.4 Å². The fourth-order valence-electron chi connectivity index (χ4n) is 2.68. The maximum atomic E-state index is 13.3. The molecule has 0 aromatic heterocycles. The van der Waals surface area contributed by atoms with Gasteiger partial charge < -0.3 is 14.2 Å². The molecule has 0 unspecified atom stereocenters. The lowest BCUT2D eigenvalue weighted by atomic mass is 10.2. The number of nitrogens with zero attached hydrogens (tertiary/aromatic N) is 1. The molecule has 0 saturated carbocycles. The summed E-state index contributed by atoms with van der Waals surface area (Å²) in [5.41, 5.74) is 0.622. The van der Waals surface area contributed by atoms with E-state index in [4.69, 9.17) is 14.2 Å². The number of methoxy groups -OCH3 is 2. The molecule has 2 aromatic carbocycles. The highest BCUT2D eigenvalue weighted by atomic mass is 79.9. The molecule has 158 valence electrons. The second kappa shape index (κ2) is 10.6. The molecule has 0 saturated heterocycles. The van der Waals surface area contributed by atoms with E-state index in [1.807, 2.05) is 0 Å². The Morgan fingerprint density at radius 1 is 1.07 bits per heavy atom. The first-order valence-corrected chi connectivity index (χ1v) is 11.2. The van der Waals surface area contributed by atoms with E-state index in [1.54, 1.807) is 37.3 Å². The quantitative estimate of drug-likeness (QED) is 0.478. The molecule has 0 bridgehead atoms. The summed E-state index contributed by atoms with van der Waals surface area (Å²) in [5, 5.41) is 0. The van der Waals surface area contributed by atoms with Gasteiger partial charge >= 0.3 is 5.97 Å². The maximum absolute atomic E-state index is 13.3. The van der Waals surface area contributed by atoms with Crippen LogP contribution in [0.15, 0.2) is 51.8 Å². The predicted octanol–water partition coefficient (Wildman–Crippen LogP) is 3.61. The molecule has 0 aliphatic heterocycles. The zero-order valence-electron chi connectivity index (χ0n) is 16.6. The normalized spacial score (nSPS) is 11.3. The molecule has 0 radical (unpaired) electrons. The van der Waals surface area contributed by atoms with Crippen LogP contribution in [0.4, 0.5) is 0 Å². The number of rotatable bonds is 10. The zero-order chi connectivity index (χ0) is 21.4. The van der Waals surface area contributed by atoms with Gasteiger partial charge in [-0.1, -0.05) is 15.9 Å². The van der Waals surface area contributed by atoms with Crippen molar-refractivity contribution >= 4 is 31.9 Å². The van der Waals surface area contributed by atoms with Gasteiger partial charge in [-0.15, -0.1) is 0 Å². The highest BCUT2D eigenvalue weighted by Crippen LogP contribution is 2.28. The van der Waals surface area contributed by atoms with Crippen LogP contribution in [-0.2, 0) is 26.1 Å². The molecule has 7 nitrogen and oxygen atoms in total. The van der Waals surface area contributed by atoms with Crippen molar-refractivity contribution in [2.24, 2.45) is 0 Å². The van der Waals surface area contributed by atoms with Gasteiger partial charge in [-0.2, -0.15) is 4.31 Å². The molecule has 0 amide bonds. The van der Waals surface area contributed by atoms with Crippen molar-refractivity contribution in [2.75, 3.05) is 27.4 Å². The van der Waals surface area contributed by atoms with Gasteiger partial charge in [0.25, 0.3) is 0 Å². The minimum absolute atomic E-state index is 0.0121. The predicted molar refractivity (Wildman–Crippen MR) is 113 cm³/mol. The van der Waals surface area contributed by atoms with Crippen molar-refractivity contribution in [1.29, 1.82) is 0 Å². The molecule has 2 rings (SSSR count). The van der Waals surface area contributed by atoms with Crippen molar-refractivity contribution in [2.45, 2.75) is 24.8 Å². The van der Waals surface area contributed by atoms with Gasteiger partial charge in [0.15, 0.2) is 0 Å². The fourth-order valence-corrected chi connectivity index (χ4v) is 4.37. The minimum atomic E-state index is -3.86.